The summed E-state index contributed by atoms with van der Waals surface area (Å²) in [5.74, 6) is -0.274. The number of amides is 1. The van der Waals surface area contributed by atoms with Crippen LogP contribution in [-0.4, -0.2) is 23.9 Å². The van der Waals surface area contributed by atoms with Gasteiger partial charge in [-0.15, -0.1) is 0 Å². The molecule has 2 aromatic rings. The largest absolute Gasteiger partial charge is 0.465 e. The minimum Gasteiger partial charge on any atom is -0.465 e. The zero-order valence-electron chi connectivity index (χ0n) is 14.4. The molecular formula is C20H19NO4. The maximum absolute atomic E-state index is 13.1. The van der Waals surface area contributed by atoms with Gasteiger partial charge in [-0.25, -0.2) is 4.79 Å². The number of esters is 1. The lowest BCUT2D eigenvalue weighted by Crippen LogP contribution is -2.28. The van der Waals surface area contributed by atoms with Gasteiger partial charge in [-0.3, -0.25) is 4.79 Å². The van der Waals surface area contributed by atoms with Gasteiger partial charge >= 0.3 is 5.97 Å². The van der Waals surface area contributed by atoms with Gasteiger partial charge in [0, 0.05) is 5.70 Å². The molecule has 5 nitrogen and oxygen atoms in total. The quantitative estimate of drug-likeness (QED) is 0.630. The van der Waals surface area contributed by atoms with Crippen molar-refractivity contribution in [2.24, 2.45) is 0 Å². The van der Waals surface area contributed by atoms with E-state index in [-0.39, 0.29) is 23.1 Å². The number of methoxy groups -OCH3 is 1. The first-order valence-electron chi connectivity index (χ1n) is 7.98. The van der Waals surface area contributed by atoms with E-state index < -0.39 is 5.97 Å². The number of rotatable bonds is 4. The molecule has 0 saturated heterocycles. The number of ether oxygens (including phenoxy) is 1. The number of carbonyl (C=O) groups excluding carboxylic acids is 2. The fraction of sp³-hybridized carbons (Fsp3) is 0.200. The predicted octanol–water partition coefficient (Wildman–Crippen LogP) is 3.71. The molecule has 1 atom stereocenters. The van der Waals surface area contributed by atoms with Crippen molar-refractivity contribution in [3.63, 3.8) is 0 Å². The molecule has 0 unspecified atom stereocenters. The summed E-state index contributed by atoms with van der Waals surface area (Å²) < 4.78 is 10.2. The highest BCUT2D eigenvalue weighted by Gasteiger charge is 2.39. The van der Waals surface area contributed by atoms with Gasteiger partial charge in [0.15, 0.2) is 0 Å². The number of furan rings is 1. The second kappa shape index (κ2) is 6.81. The molecule has 1 aliphatic heterocycles. The standard InChI is InChI=1S/C20H19NO4/c1-13(15-8-5-4-6-9-15)21-14(2)18(20(23)24-3)17(19(21)22)12-16-10-7-11-25-16/h4-13H,1-3H3/b17-12-/t13-/m0/s1. The average Bonchev–Trinajstić information content (AvgIpc) is 3.22. The van der Waals surface area contributed by atoms with Gasteiger partial charge in [-0.2, -0.15) is 0 Å². The van der Waals surface area contributed by atoms with Crippen LogP contribution < -0.4 is 0 Å². The molecule has 0 radical (unpaired) electrons. The molecule has 0 fully saturated rings. The van der Waals surface area contributed by atoms with Crippen LogP contribution in [0.1, 0.15) is 31.2 Å². The smallest absolute Gasteiger partial charge is 0.340 e. The first-order chi connectivity index (χ1) is 12.0. The van der Waals surface area contributed by atoms with Crippen molar-refractivity contribution in [1.82, 2.24) is 4.90 Å². The second-order valence-corrected chi connectivity index (χ2v) is 5.79. The van der Waals surface area contributed by atoms with Crippen LogP contribution >= 0.6 is 0 Å². The van der Waals surface area contributed by atoms with Gasteiger partial charge in [0.2, 0.25) is 0 Å². The molecule has 128 valence electrons. The van der Waals surface area contributed by atoms with Gasteiger partial charge in [-0.05, 0) is 37.6 Å². The van der Waals surface area contributed by atoms with E-state index in [1.807, 2.05) is 37.3 Å². The maximum atomic E-state index is 13.1. The molecule has 2 heterocycles. The third-order valence-corrected chi connectivity index (χ3v) is 4.33. The van der Waals surface area contributed by atoms with Crippen LogP contribution in [-0.2, 0) is 14.3 Å². The Kier molecular flexibility index (Phi) is 4.57. The average molecular weight is 337 g/mol. The van der Waals surface area contributed by atoms with E-state index in [9.17, 15) is 9.59 Å². The van der Waals surface area contributed by atoms with E-state index in [0.29, 0.717) is 11.5 Å². The van der Waals surface area contributed by atoms with Gasteiger partial charge in [-0.1, -0.05) is 30.3 Å². The van der Waals surface area contributed by atoms with Crippen molar-refractivity contribution >= 4 is 18.0 Å². The van der Waals surface area contributed by atoms with Gasteiger partial charge in [0.1, 0.15) is 5.76 Å². The van der Waals surface area contributed by atoms with E-state index >= 15 is 0 Å². The van der Waals surface area contributed by atoms with Crippen LogP contribution in [0, 0.1) is 0 Å². The Balaban J connectivity index is 2.08. The van der Waals surface area contributed by atoms with Crippen LogP contribution in [0.5, 0.6) is 0 Å². The number of hydrogen-bond acceptors (Lipinski definition) is 4. The normalized spacial score (nSPS) is 17.3. The number of hydrogen-bond donors (Lipinski definition) is 0. The fourth-order valence-electron chi connectivity index (χ4n) is 3.06. The highest BCUT2D eigenvalue weighted by Crippen LogP contribution is 2.37. The van der Waals surface area contributed by atoms with Crippen molar-refractivity contribution in [2.45, 2.75) is 19.9 Å². The molecule has 0 saturated carbocycles. The van der Waals surface area contributed by atoms with Crippen molar-refractivity contribution < 1.29 is 18.7 Å². The van der Waals surface area contributed by atoms with E-state index in [2.05, 4.69) is 0 Å². The lowest BCUT2D eigenvalue weighted by molar-refractivity contribution is -0.136. The molecule has 1 aromatic heterocycles. The van der Waals surface area contributed by atoms with Crippen molar-refractivity contribution in [1.29, 1.82) is 0 Å². The minimum absolute atomic E-state index is 0.212. The number of nitrogens with zero attached hydrogens (tertiary/aromatic N) is 1. The summed E-state index contributed by atoms with van der Waals surface area (Å²) in [5, 5.41) is 0. The van der Waals surface area contributed by atoms with Crippen LogP contribution in [0.15, 0.2) is 70.0 Å². The van der Waals surface area contributed by atoms with Gasteiger partial charge in [0.05, 0.1) is 30.6 Å². The topological polar surface area (TPSA) is 59.8 Å². The van der Waals surface area contributed by atoms with Crippen molar-refractivity contribution in [3.05, 3.63) is 76.9 Å². The van der Waals surface area contributed by atoms with E-state index in [1.165, 1.54) is 13.4 Å². The molecule has 0 aliphatic carbocycles. The zero-order valence-corrected chi connectivity index (χ0v) is 14.4. The Morgan fingerprint density at radius 3 is 2.52 bits per heavy atom. The number of benzene rings is 1. The molecule has 0 bridgehead atoms. The Labute approximate surface area is 146 Å². The second-order valence-electron chi connectivity index (χ2n) is 5.79. The summed E-state index contributed by atoms with van der Waals surface area (Å²) in [7, 11) is 1.31. The monoisotopic (exact) mass is 337 g/mol. The first-order valence-corrected chi connectivity index (χ1v) is 7.98. The maximum Gasteiger partial charge on any atom is 0.340 e. The Morgan fingerprint density at radius 2 is 1.92 bits per heavy atom. The highest BCUT2D eigenvalue weighted by molar-refractivity contribution is 6.16. The lowest BCUT2D eigenvalue weighted by Gasteiger charge is -2.26. The van der Waals surface area contributed by atoms with E-state index in [4.69, 9.17) is 9.15 Å². The molecule has 1 amide bonds. The molecule has 25 heavy (non-hydrogen) atoms. The molecule has 0 N–H and O–H groups in total. The minimum atomic E-state index is -0.536. The third kappa shape index (κ3) is 3.01. The predicted molar refractivity (Wildman–Crippen MR) is 93.1 cm³/mol. The summed E-state index contributed by atoms with van der Waals surface area (Å²) in [6.45, 7) is 3.69. The molecular weight excluding hydrogens is 318 g/mol. The highest BCUT2D eigenvalue weighted by atomic mass is 16.5. The molecule has 1 aliphatic rings. The first kappa shape index (κ1) is 16.8. The molecule has 1 aromatic carbocycles. The fourth-order valence-corrected chi connectivity index (χ4v) is 3.06. The van der Waals surface area contributed by atoms with Crippen molar-refractivity contribution in [2.75, 3.05) is 7.11 Å². The van der Waals surface area contributed by atoms with Crippen LogP contribution in [0.3, 0.4) is 0 Å². The van der Waals surface area contributed by atoms with Crippen LogP contribution in [0.25, 0.3) is 6.08 Å². The summed E-state index contributed by atoms with van der Waals surface area (Å²) >= 11 is 0. The summed E-state index contributed by atoms with van der Waals surface area (Å²) in [4.78, 5) is 27.0. The Bertz CT molecular complexity index is 847. The Morgan fingerprint density at radius 1 is 1.20 bits per heavy atom. The van der Waals surface area contributed by atoms with Crippen LogP contribution in [0.2, 0.25) is 0 Å². The molecule has 0 spiro atoms. The van der Waals surface area contributed by atoms with E-state index in [1.54, 1.807) is 30.0 Å². The third-order valence-electron chi connectivity index (χ3n) is 4.33. The summed E-state index contributed by atoms with van der Waals surface area (Å²) in [6, 6.07) is 12.9. The number of allylic oxidation sites excluding steroid dienone is 1. The summed E-state index contributed by atoms with van der Waals surface area (Å²) in [5.41, 5.74) is 2.11. The zero-order chi connectivity index (χ0) is 18.0. The number of carbonyl (C=O) groups is 2. The van der Waals surface area contributed by atoms with Gasteiger partial charge in [0.25, 0.3) is 5.91 Å². The van der Waals surface area contributed by atoms with Crippen LogP contribution in [0.4, 0.5) is 0 Å². The molecule has 3 rings (SSSR count). The van der Waals surface area contributed by atoms with E-state index in [0.717, 1.165) is 5.56 Å². The Hall–Kier alpha value is -3.08. The van der Waals surface area contributed by atoms with Gasteiger partial charge < -0.3 is 14.1 Å². The SMILES string of the molecule is COC(=O)C1=C(C)N([C@@H](C)c2ccccc2)C(=O)/C1=C\c1ccco1. The summed E-state index contributed by atoms with van der Waals surface area (Å²) in [6.07, 6.45) is 3.10. The van der Waals surface area contributed by atoms with Crippen molar-refractivity contribution in [3.8, 4) is 0 Å². The lowest BCUT2D eigenvalue weighted by atomic mass is 10.1. The molecule has 5 heteroatoms.